The Morgan fingerprint density at radius 2 is 2.00 bits per heavy atom. The van der Waals surface area contributed by atoms with Crippen LogP contribution in [0.25, 0.3) is 11.5 Å². The molecule has 0 aromatic carbocycles. The Bertz CT molecular complexity index is 994. The number of amides is 1. The maximum atomic E-state index is 12.7. The van der Waals surface area contributed by atoms with Crippen LogP contribution in [-0.4, -0.2) is 55.4 Å². The summed E-state index contributed by atoms with van der Waals surface area (Å²) in [6, 6.07) is 7.21. The highest BCUT2D eigenvalue weighted by molar-refractivity contribution is 5.93. The van der Waals surface area contributed by atoms with Crippen molar-refractivity contribution in [2.75, 3.05) is 13.1 Å². The molecule has 1 saturated heterocycles. The van der Waals surface area contributed by atoms with Crippen molar-refractivity contribution in [2.24, 2.45) is 0 Å². The molecule has 0 saturated carbocycles. The molecule has 1 aliphatic heterocycles. The lowest BCUT2D eigenvalue weighted by atomic mass is 9.93. The van der Waals surface area contributed by atoms with Crippen molar-refractivity contribution in [2.45, 2.75) is 32.1 Å². The number of carbonyl (C=O) groups excluding carboxylic acids is 1. The number of carboxylic acids is 1. The number of nitrogens with zero attached hydrogens (tertiary/aromatic N) is 3. The zero-order chi connectivity index (χ0) is 19.7. The smallest absolute Gasteiger partial charge is 0.309 e. The Hall–Kier alpha value is -3.36. The van der Waals surface area contributed by atoms with Crippen LogP contribution in [-0.2, 0) is 11.2 Å². The minimum atomic E-state index is -0.890. The third kappa shape index (κ3) is 3.68. The fourth-order valence-corrected chi connectivity index (χ4v) is 3.52. The minimum absolute atomic E-state index is 0.0684. The van der Waals surface area contributed by atoms with Crippen LogP contribution in [0.1, 0.15) is 46.4 Å². The van der Waals surface area contributed by atoms with Crippen LogP contribution in [0.15, 0.2) is 28.7 Å². The zero-order valence-electron chi connectivity index (χ0n) is 15.4. The summed E-state index contributed by atoms with van der Waals surface area (Å²) in [6.07, 6.45) is 1.48. The van der Waals surface area contributed by atoms with E-state index in [4.69, 9.17) is 9.52 Å². The molecule has 1 amide bonds. The van der Waals surface area contributed by atoms with Crippen molar-refractivity contribution in [1.29, 1.82) is 0 Å². The molecule has 0 unspecified atom stereocenters. The maximum absolute atomic E-state index is 12.7. The van der Waals surface area contributed by atoms with E-state index in [2.05, 4.69) is 20.4 Å². The van der Waals surface area contributed by atoms with Crippen molar-refractivity contribution in [3.63, 3.8) is 0 Å². The largest absolute Gasteiger partial charge is 0.481 e. The number of aryl methyl sites for hydroxylation is 1. The second-order valence-corrected chi connectivity index (χ2v) is 7.03. The molecule has 4 heterocycles. The number of aliphatic carboxylic acids is 1. The Labute approximate surface area is 160 Å². The van der Waals surface area contributed by atoms with E-state index < -0.39 is 5.97 Å². The quantitative estimate of drug-likeness (QED) is 0.620. The van der Waals surface area contributed by atoms with Crippen LogP contribution < -0.4 is 0 Å². The Balaban J connectivity index is 1.37. The van der Waals surface area contributed by atoms with E-state index in [1.54, 1.807) is 11.0 Å². The van der Waals surface area contributed by atoms with E-state index in [0.717, 1.165) is 24.3 Å². The number of piperidine rings is 1. The Morgan fingerprint density at radius 1 is 1.21 bits per heavy atom. The number of aromatic nitrogens is 4. The summed E-state index contributed by atoms with van der Waals surface area (Å²) in [4.78, 5) is 25.3. The summed E-state index contributed by atoms with van der Waals surface area (Å²) < 4.78 is 5.55. The van der Waals surface area contributed by atoms with E-state index in [1.165, 1.54) is 0 Å². The molecule has 9 nitrogen and oxygen atoms in total. The highest BCUT2D eigenvalue weighted by Gasteiger charge is 2.27. The number of aromatic amines is 2. The van der Waals surface area contributed by atoms with Gasteiger partial charge in [-0.15, -0.1) is 0 Å². The number of likely N-dealkylation sites (tertiary alicyclic amines) is 1. The number of rotatable bonds is 5. The first-order valence-corrected chi connectivity index (χ1v) is 9.17. The highest BCUT2D eigenvalue weighted by atomic mass is 16.4. The van der Waals surface area contributed by atoms with E-state index in [0.29, 0.717) is 35.9 Å². The monoisotopic (exact) mass is 383 g/mol. The van der Waals surface area contributed by atoms with Crippen molar-refractivity contribution < 1.29 is 19.1 Å². The molecule has 1 aliphatic rings. The number of carboxylic acid groups (broad SMARTS) is 1. The van der Waals surface area contributed by atoms with Crippen molar-refractivity contribution in [3.05, 3.63) is 47.1 Å². The molecular formula is C19H21N5O4. The van der Waals surface area contributed by atoms with Crippen LogP contribution in [0.4, 0.5) is 0 Å². The molecule has 1 fully saturated rings. The molecule has 3 N–H and O–H groups in total. The topological polar surface area (TPSA) is 128 Å². The van der Waals surface area contributed by atoms with Gasteiger partial charge in [0.15, 0.2) is 11.5 Å². The maximum Gasteiger partial charge on any atom is 0.309 e. The molecule has 4 rings (SSSR count). The van der Waals surface area contributed by atoms with Gasteiger partial charge in [-0.2, -0.15) is 10.2 Å². The summed E-state index contributed by atoms with van der Waals surface area (Å²) in [5.41, 5.74) is 2.50. The molecule has 0 atom stereocenters. The number of carbonyl (C=O) groups is 2. The third-order valence-electron chi connectivity index (χ3n) is 5.00. The van der Waals surface area contributed by atoms with Crippen molar-refractivity contribution in [1.82, 2.24) is 25.3 Å². The fraction of sp³-hybridized carbons (Fsp3) is 0.368. The number of furan rings is 1. The van der Waals surface area contributed by atoms with Gasteiger partial charge in [-0.1, -0.05) is 0 Å². The molecule has 3 aromatic rings. The van der Waals surface area contributed by atoms with Crippen LogP contribution >= 0.6 is 0 Å². The lowest BCUT2D eigenvalue weighted by Crippen LogP contribution is -2.38. The molecule has 0 bridgehead atoms. The molecule has 0 spiro atoms. The molecular weight excluding hydrogens is 362 g/mol. The molecule has 3 aromatic heterocycles. The fourth-order valence-electron chi connectivity index (χ4n) is 3.52. The summed E-state index contributed by atoms with van der Waals surface area (Å²) in [5.74, 6) is 0.656. The zero-order valence-corrected chi connectivity index (χ0v) is 15.4. The van der Waals surface area contributed by atoms with Crippen molar-refractivity contribution in [3.8, 4) is 11.5 Å². The van der Waals surface area contributed by atoms with Crippen LogP contribution in [0.2, 0.25) is 0 Å². The molecule has 28 heavy (non-hydrogen) atoms. The van der Waals surface area contributed by atoms with Gasteiger partial charge in [-0.25, -0.2) is 0 Å². The van der Waals surface area contributed by atoms with Gasteiger partial charge in [0, 0.05) is 30.8 Å². The number of hydrogen-bond donors (Lipinski definition) is 3. The van der Waals surface area contributed by atoms with Gasteiger partial charge in [-0.3, -0.25) is 19.8 Å². The number of H-pyrrole nitrogens is 2. The first-order valence-electron chi connectivity index (χ1n) is 9.17. The van der Waals surface area contributed by atoms with Gasteiger partial charge in [0.1, 0.15) is 11.5 Å². The summed E-state index contributed by atoms with van der Waals surface area (Å²) in [7, 11) is 0. The molecule has 9 heteroatoms. The van der Waals surface area contributed by atoms with Gasteiger partial charge < -0.3 is 14.4 Å². The lowest BCUT2D eigenvalue weighted by Gasteiger charge is -2.30. The van der Waals surface area contributed by atoms with Crippen LogP contribution in [0.5, 0.6) is 0 Å². The average molecular weight is 383 g/mol. The third-order valence-corrected chi connectivity index (χ3v) is 5.00. The van der Waals surface area contributed by atoms with Crippen LogP contribution in [0, 0.1) is 6.92 Å². The second-order valence-electron chi connectivity index (χ2n) is 7.03. The summed E-state index contributed by atoms with van der Waals surface area (Å²) >= 11 is 0. The second kappa shape index (κ2) is 7.34. The minimum Gasteiger partial charge on any atom is -0.481 e. The predicted molar refractivity (Wildman–Crippen MR) is 98.8 cm³/mol. The number of hydrogen-bond acceptors (Lipinski definition) is 5. The van der Waals surface area contributed by atoms with Crippen LogP contribution in [0.3, 0.4) is 0 Å². The predicted octanol–water partition coefficient (Wildman–Crippen LogP) is 2.35. The SMILES string of the molecule is Cc1ccc(-c2cc(C(=O)N3CCC(c4cc(CC(=O)O)[nH]n4)CC3)n[nH]2)o1. The van der Waals surface area contributed by atoms with Gasteiger partial charge in [-0.05, 0) is 38.0 Å². The van der Waals surface area contributed by atoms with Crippen molar-refractivity contribution >= 4 is 11.9 Å². The summed E-state index contributed by atoms with van der Waals surface area (Å²) in [5, 5.41) is 22.9. The molecule has 0 radical (unpaired) electrons. The first-order chi connectivity index (χ1) is 13.5. The van der Waals surface area contributed by atoms with E-state index >= 15 is 0 Å². The number of nitrogens with one attached hydrogen (secondary N) is 2. The van der Waals surface area contributed by atoms with E-state index in [1.807, 2.05) is 25.1 Å². The Kier molecular flexibility index (Phi) is 4.72. The normalized spacial score (nSPS) is 15.1. The Morgan fingerprint density at radius 3 is 2.68 bits per heavy atom. The lowest BCUT2D eigenvalue weighted by molar-refractivity contribution is -0.136. The van der Waals surface area contributed by atoms with E-state index in [9.17, 15) is 9.59 Å². The summed E-state index contributed by atoms with van der Waals surface area (Å²) in [6.45, 7) is 3.07. The van der Waals surface area contributed by atoms with Gasteiger partial charge in [0.2, 0.25) is 0 Å². The average Bonchev–Trinajstić information content (AvgIpc) is 3.41. The first kappa shape index (κ1) is 18.0. The molecule has 146 valence electrons. The van der Waals surface area contributed by atoms with Gasteiger partial charge in [0.25, 0.3) is 5.91 Å². The van der Waals surface area contributed by atoms with E-state index in [-0.39, 0.29) is 18.2 Å². The standard InChI is InChI=1S/C19H21N5O4/c1-11-2-3-17(28-11)15-10-16(23-22-15)19(27)24-6-4-12(5-7-24)14-8-13(20-21-14)9-18(25)26/h2-3,8,10,12H,4-7,9H2,1H3,(H,20,21)(H,22,23)(H,25,26). The van der Waals surface area contributed by atoms with Gasteiger partial charge in [0.05, 0.1) is 12.1 Å². The van der Waals surface area contributed by atoms with Gasteiger partial charge >= 0.3 is 5.97 Å². The molecule has 0 aliphatic carbocycles. The highest BCUT2D eigenvalue weighted by Crippen LogP contribution is 2.28.